The quantitative estimate of drug-likeness (QED) is 0.653. The minimum Gasteiger partial charge on any atom is -0.391 e. The van der Waals surface area contributed by atoms with Gasteiger partial charge in [-0.15, -0.1) is 0 Å². The second-order valence-electron chi connectivity index (χ2n) is 5.91. The molecule has 0 aromatic carbocycles. The Balaban J connectivity index is 2.83. The lowest BCUT2D eigenvalue weighted by Gasteiger charge is -2.17. The molecule has 0 amide bonds. The Morgan fingerprint density at radius 2 is 1.71 bits per heavy atom. The maximum absolute atomic E-state index is 10.00. The number of rotatable bonds is 9. The fraction of sp³-hybridized carbons (Fsp3) is 0.750. The van der Waals surface area contributed by atoms with E-state index in [4.69, 9.17) is 0 Å². The zero-order chi connectivity index (χ0) is 15.8. The molecule has 0 bridgehead atoms. The van der Waals surface area contributed by atoms with Crippen LogP contribution in [0.4, 0.5) is 11.6 Å². The Bertz CT molecular complexity index is 435. The van der Waals surface area contributed by atoms with Gasteiger partial charge in [0.1, 0.15) is 17.5 Å². The highest BCUT2D eigenvalue weighted by Crippen LogP contribution is 2.20. The second-order valence-corrected chi connectivity index (χ2v) is 5.91. The van der Waals surface area contributed by atoms with Crippen LogP contribution in [0.2, 0.25) is 0 Å². The molecule has 1 heterocycles. The first kappa shape index (κ1) is 17.7. The van der Waals surface area contributed by atoms with Gasteiger partial charge >= 0.3 is 0 Å². The Kier molecular flexibility index (Phi) is 7.43. The molecule has 1 aromatic heterocycles. The third-order valence-corrected chi connectivity index (χ3v) is 3.26. The van der Waals surface area contributed by atoms with Gasteiger partial charge in [-0.3, -0.25) is 0 Å². The third kappa shape index (κ3) is 5.87. The van der Waals surface area contributed by atoms with Gasteiger partial charge in [0, 0.05) is 25.1 Å². The van der Waals surface area contributed by atoms with Gasteiger partial charge in [0.2, 0.25) is 0 Å². The van der Waals surface area contributed by atoms with E-state index in [-0.39, 0.29) is 6.10 Å². The number of aryl methyl sites for hydroxylation is 1. The SMILES string of the molecule is CCCc1nc(NCC)c(C)c(NCC(O)CC(C)C)n1. The average Bonchev–Trinajstić information content (AvgIpc) is 2.40. The van der Waals surface area contributed by atoms with Gasteiger partial charge < -0.3 is 15.7 Å². The molecule has 0 fully saturated rings. The van der Waals surface area contributed by atoms with E-state index in [1.165, 1.54) is 0 Å². The van der Waals surface area contributed by atoms with Gasteiger partial charge in [0.05, 0.1) is 6.10 Å². The largest absolute Gasteiger partial charge is 0.391 e. The fourth-order valence-electron chi connectivity index (χ4n) is 2.25. The summed E-state index contributed by atoms with van der Waals surface area (Å²) in [5, 5.41) is 16.6. The lowest BCUT2D eigenvalue weighted by Crippen LogP contribution is -2.22. The first-order valence-corrected chi connectivity index (χ1v) is 8.01. The lowest BCUT2D eigenvalue weighted by atomic mass is 10.1. The highest BCUT2D eigenvalue weighted by atomic mass is 16.3. The molecule has 0 aliphatic heterocycles. The summed E-state index contributed by atoms with van der Waals surface area (Å²) in [6.07, 6.45) is 2.32. The minimum atomic E-state index is -0.350. The number of nitrogens with zero attached hydrogens (tertiary/aromatic N) is 2. The van der Waals surface area contributed by atoms with Crippen LogP contribution in [0.5, 0.6) is 0 Å². The van der Waals surface area contributed by atoms with Crippen molar-refractivity contribution < 1.29 is 5.11 Å². The number of nitrogens with one attached hydrogen (secondary N) is 2. The van der Waals surface area contributed by atoms with E-state index in [0.29, 0.717) is 12.5 Å². The topological polar surface area (TPSA) is 70.1 Å². The normalized spacial score (nSPS) is 12.5. The van der Waals surface area contributed by atoms with Crippen LogP contribution in [0.3, 0.4) is 0 Å². The second kappa shape index (κ2) is 8.82. The fourth-order valence-corrected chi connectivity index (χ4v) is 2.25. The van der Waals surface area contributed by atoms with Crippen molar-refractivity contribution in [2.75, 3.05) is 23.7 Å². The molecule has 5 heteroatoms. The molecule has 1 atom stereocenters. The van der Waals surface area contributed by atoms with Crippen molar-refractivity contribution in [3.63, 3.8) is 0 Å². The van der Waals surface area contributed by atoms with Gasteiger partial charge in [0.15, 0.2) is 0 Å². The molecule has 0 saturated carbocycles. The summed E-state index contributed by atoms with van der Waals surface area (Å²) < 4.78 is 0. The first-order chi connectivity index (χ1) is 9.97. The van der Waals surface area contributed by atoms with Crippen LogP contribution in [-0.2, 0) is 6.42 Å². The molecule has 1 unspecified atom stereocenters. The van der Waals surface area contributed by atoms with Crippen LogP contribution in [0.1, 0.15) is 51.9 Å². The van der Waals surface area contributed by atoms with Crippen molar-refractivity contribution in [3.8, 4) is 0 Å². The van der Waals surface area contributed by atoms with Gasteiger partial charge in [-0.2, -0.15) is 0 Å². The van der Waals surface area contributed by atoms with Crippen molar-refractivity contribution in [1.29, 1.82) is 0 Å². The highest BCUT2D eigenvalue weighted by molar-refractivity contribution is 5.57. The van der Waals surface area contributed by atoms with Crippen molar-refractivity contribution in [2.45, 2.75) is 60.0 Å². The molecule has 0 radical (unpaired) electrons. The monoisotopic (exact) mass is 294 g/mol. The Hall–Kier alpha value is -1.36. The van der Waals surface area contributed by atoms with Crippen LogP contribution < -0.4 is 10.6 Å². The number of aromatic nitrogens is 2. The van der Waals surface area contributed by atoms with E-state index < -0.39 is 0 Å². The van der Waals surface area contributed by atoms with Gasteiger partial charge in [-0.1, -0.05) is 20.8 Å². The maximum Gasteiger partial charge on any atom is 0.134 e. The van der Waals surface area contributed by atoms with E-state index in [1.807, 2.05) is 6.92 Å². The molecule has 3 N–H and O–H groups in total. The highest BCUT2D eigenvalue weighted by Gasteiger charge is 2.12. The summed E-state index contributed by atoms with van der Waals surface area (Å²) in [5.74, 6) is 3.05. The molecule has 5 nitrogen and oxygen atoms in total. The molecule has 120 valence electrons. The zero-order valence-electron chi connectivity index (χ0n) is 14.0. The molecular formula is C16H30N4O. The molecule has 1 aromatic rings. The third-order valence-electron chi connectivity index (χ3n) is 3.26. The van der Waals surface area contributed by atoms with E-state index >= 15 is 0 Å². The van der Waals surface area contributed by atoms with Crippen molar-refractivity contribution >= 4 is 11.6 Å². The Morgan fingerprint density at radius 3 is 2.24 bits per heavy atom. The molecule has 21 heavy (non-hydrogen) atoms. The lowest BCUT2D eigenvalue weighted by molar-refractivity contribution is 0.161. The molecule has 0 aliphatic carbocycles. The van der Waals surface area contributed by atoms with Gasteiger partial charge in [0.25, 0.3) is 0 Å². The maximum atomic E-state index is 10.00. The van der Waals surface area contributed by atoms with E-state index in [1.54, 1.807) is 0 Å². The van der Waals surface area contributed by atoms with E-state index in [0.717, 1.165) is 48.8 Å². The smallest absolute Gasteiger partial charge is 0.134 e. The summed E-state index contributed by atoms with van der Waals surface area (Å²) in [6.45, 7) is 11.8. The Labute approximate surface area is 128 Å². The van der Waals surface area contributed by atoms with E-state index in [2.05, 4.69) is 48.3 Å². The summed E-state index contributed by atoms with van der Waals surface area (Å²) in [5.41, 5.74) is 1.01. The first-order valence-electron chi connectivity index (χ1n) is 8.01. The van der Waals surface area contributed by atoms with Crippen molar-refractivity contribution in [2.24, 2.45) is 5.92 Å². The number of aliphatic hydroxyl groups is 1. The van der Waals surface area contributed by atoms with Crippen LogP contribution in [0, 0.1) is 12.8 Å². The number of anilines is 2. The van der Waals surface area contributed by atoms with Crippen molar-refractivity contribution in [1.82, 2.24) is 9.97 Å². The molecule has 0 aliphatic rings. The predicted octanol–water partition coefficient (Wildman–Crippen LogP) is 2.99. The Morgan fingerprint density at radius 1 is 1.10 bits per heavy atom. The molecular weight excluding hydrogens is 264 g/mol. The minimum absolute atomic E-state index is 0.350. The predicted molar refractivity (Wildman–Crippen MR) is 88.9 cm³/mol. The van der Waals surface area contributed by atoms with Crippen LogP contribution in [-0.4, -0.2) is 34.3 Å². The summed E-state index contributed by atoms with van der Waals surface area (Å²) >= 11 is 0. The molecule has 0 spiro atoms. The van der Waals surface area contributed by atoms with Gasteiger partial charge in [-0.25, -0.2) is 9.97 Å². The summed E-state index contributed by atoms with van der Waals surface area (Å²) in [4.78, 5) is 9.15. The summed E-state index contributed by atoms with van der Waals surface area (Å²) in [7, 11) is 0. The molecule has 1 rings (SSSR count). The molecule has 0 saturated heterocycles. The van der Waals surface area contributed by atoms with Crippen molar-refractivity contribution in [3.05, 3.63) is 11.4 Å². The standard InChI is InChI=1S/C16H30N4O/c1-6-8-14-19-15(17-7-2)12(5)16(20-14)18-10-13(21)9-11(3)4/h11,13,21H,6-10H2,1-5H3,(H2,17,18,19,20). The van der Waals surface area contributed by atoms with Crippen LogP contribution >= 0.6 is 0 Å². The summed E-state index contributed by atoms with van der Waals surface area (Å²) in [6, 6.07) is 0. The zero-order valence-corrected chi connectivity index (χ0v) is 14.0. The number of hydrogen-bond acceptors (Lipinski definition) is 5. The van der Waals surface area contributed by atoms with E-state index in [9.17, 15) is 5.11 Å². The van der Waals surface area contributed by atoms with Gasteiger partial charge in [-0.05, 0) is 32.6 Å². The number of hydrogen-bond donors (Lipinski definition) is 3. The number of aliphatic hydroxyl groups excluding tert-OH is 1. The van der Waals surface area contributed by atoms with Crippen LogP contribution in [0.15, 0.2) is 0 Å². The van der Waals surface area contributed by atoms with Crippen LogP contribution in [0.25, 0.3) is 0 Å². The average molecular weight is 294 g/mol.